The van der Waals surface area contributed by atoms with Crippen molar-refractivity contribution in [1.29, 1.82) is 0 Å². The third-order valence-corrected chi connectivity index (χ3v) is 9.95. The second-order valence-corrected chi connectivity index (χ2v) is 12.6. The minimum absolute atomic E-state index is 0.674. The molecule has 0 saturated carbocycles. The molecular formula is C44H26N4O. The van der Waals surface area contributed by atoms with E-state index in [0.717, 1.165) is 71.6 Å². The predicted octanol–water partition coefficient (Wildman–Crippen LogP) is 11.4. The van der Waals surface area contributed by atoms with Gasteiger partial charge in [-0.05, 0) is 53.9 Å². The molecule has 0 aliphatic carbocycles. The third-order valence-electron chi connectivity index (χ3n) is 9.95. The second-order valence-electron chi connectivity index (χ2n) is 12.6. The molecule has 49 heavy (non-hydrogen) atoms. The highest BCUT2D eigenvalue weighted by atomic mass is 16.3. The van der Waals surface area contributed by atoms with E-state index in [-0.39, 0.29) is 0 Å². The van der Waals surface area contributed by atoms with Gasteiger partial charge in [-0.15, -0.1) is 0 Å². The standard InChI is InChI=1S/C44H26N4O/c1-2-13-28(14-3-1)47-38-21-11-8-18-33(38)42-39(47)26-45-44(46-42)35-24-27-12-4-5-15-30(27)43-41(35)34-23-22-29(25-40(34)49-43)48-36-19-9-6-16-31(36)32-17-7-10-20-37(32)48/h1-26H. The fourth-order valence-corrected chi connectivity index (χ4v) is 7.84. The Hall–Kier alpha value is -6.72. The molecule has 228 valence electrons. The molecule has 0 fully saturated rings. The molecule has 7 aromatic carbocycles. The number of hydrogen-bond acceptors (Lipinski definition) is 3. The molecule has 4 aromatic heterocycles. The number of nitrogens with zero attached hydrogens (tertiary/aromatic N) is 4. The van der Waals surface area contributed by atoms with E-state index in [1.54, 1.807) is 0 Å². The van der Waals surface area contributed by atoms with Crippen LogP contribution in [0.15, 0.2) is 162 Å². The van der Waals surface area contributed by atoms with Gasteiger partial charge in [-0.25, -0.2) is 9.97 Å². The van der Waals surface area contributed by atoms with Crippen molar-refractivity contribution in [2.24, 2.45) is 0 Å². The van der Waals surface area contributed by atoms with Gasteiger partial charge in [-0.2, -0.15) is 0 Å². The van der Waals surface area contributed by atoms with Crippen molar-refractivity contribution in [3.05, 3.63) is 158 Å². The Balaban J connectivity index is 1.19. The molecule has 0 aliphatic rings. The number of benzene rings is 7. The molecule has 11 aromatic rings. The van der Waals surface area contributed by atoms with Crippen LogP contribution in [0, 0.1) is 0 Å². The van der Waals surface area contributed by atoms with Crippen molar-refractivity contribution < 1.29 is 4.42 Å². The molecule has 0 unspecified atom stereocenters. The fraction of sp³-hybridized carbons (Fsp3) is 0. The van der Waals surface area contributed by atoms with Gasteiger partial charge in [0.15, 0.2) is 5.82 Å². The zero-order valence-electron chi connectivity index (χ0n) is 26.2. The van der Waals surface area contributed by atoms with E-state index in [2.05, 4.69) is 155 Å². The Labute approximate surface area is 279 Å². The molecule has 11 rings (SSSR count). The van der Waals surface area contributed by atoms with Gasteiger partial charge in [-0.3, -0.25) is 0 Å². The summed E-state index contributed by atoms with van der Waals surface area (Å²) in [5, 5.41) is 7.77. The first-order chi connectivity index (χ1) is 24.3. The van der Waals surface area contributed by atoms with Crippen LogP contribution in [0.3, 0.4) is 0 Å². The molecule has 0 aliphatic heterocycles. The summed E-state index contributed by atoms with van der Waals surface area (Å²) in [7, 11) is 0. The van der Waals surface area contributed by atoms with Gasteiger partial charge < -0.3 is 13.6 Å². The van der Waals surface area contributed by atoms with Gasteiger partial charge in [-0.1, -0.05) is 97.1 Å². The van der Waals surface area contributed by atoms with Crippen LogP contribution in [0.1, 0.15) is 0 Å². The van der Waals surface area contributed by atoms with Crippen molar-refractivity contribution in [3.63, 3.8) is 0 Å². The maximum absolute atomic E-state index is 6.84. The highest BCUT2D eigenvalue weighted by Gasteiger charge is 2.21. The van der Waals surface area contributed by atoms with Gasteiger partial charge in [0.2, 0.25) is 0 Å². The van der Waals surface area contributed by atoms with Crippen molar-refractivity contribution >= 4 is 76.5 Å². The molecular weight excluding hydrogens is 601 g/mol. The zero-order chi connectivity index (χ0) is 32.1. The smallest absolute Gasteiger partial charge is 0.160 e. The van der Waals surface area contributed by atoms with Crippen molar-refractivity contribution in [3.8, 4) is 22.8 Å². The van der Waals surface area contributed by atoms with Crippen LogP contribution < -0.4 is 0 Å². The Morgan fingerprint density at radius 1 is 0.469 bits per heavy atom. The van der Waals surface area contributed by atoms with Crippen molar-refractivity contribution in [1.82, 2.24) is 19.1 Å². The number of aromatic nitrogens is 4. The average molecular weight is 627 g/mol. The number of rotatable bonds is 3. The first-order valence-electron chi connectivity index (χ1n) is 16.5. The maximum atomic E-state index is 6.84. The van der Waals surface area contributed by atoms with E-state index in [1.807, 2.05) is 12.3 Å². The summed E-state index contributed by atoms with van der Waals surface area (Å²) in [6.45, 7) is 0. The van der Waals surface area contributed by atoms with Crippen LogP contribution in [0.5, 0.6) is 0 Å². The first-order valence-corrected chi connectivity index (χ1v) is 16.5. The number of fused-ring (bicyclic) bond motifs is 11. The zero-order valence-corrected chi connectivity index (χ0v) is 26.2. The average Bonchev–Trinajstić information content (AvgIpc) is 3.82. The van der Waals surface area contributed by atoms with E-state index in [1.165, 1.54) is 21.8 Å². The second kappa shape index (κ2) is 9.89. The lowest BCUT2D eigenvalue weighted by molar-refractivity contribution is 0.672. The summed E-state index contributed by atoms with van der Waals surface area (Å²) < 4.78 is 11.4. The summed E-state index contributed by atoms with van der Waals surface area (Å²) in [4.78, 5) is 10.4. The largest absolute Gasteiger partial charge is 0.455 e. The minimum atomic E-state index is 0.674. The first kappa shape index (κ1) is 26.4. The van der Waals surface area contributed by atoms with Crippen LogP contribution in [0.25, 0.3) is 99.2 Å². The highest BCUT2D eigenvalue weighted by Crippen LogP contribution is 2.42. The molecule has 0 saturated heterocycles. The quantitative estimate of drug-likeness (QED) is 0.196. The summed E-state index contributed by atoms with van der Waals surface area (Å²) in [5.74, 6) is 0.674. The SMILES string of the molecule is c1ccc(-n2c3ccccc3c3nc(-c4cc5ccccc5c5oc6cc(-n7c8ccccc8c8ccccc87)ccc6c45)ncc32)cc1. The van der Waals surface area contributed by atoms with E-state index >= 15 is 0 Å². The third kappa shape index (κ3) is 3.70. The molecule has 0 N–H and O–H groups in total. The molecule has 0 atom stereocenters. The number of para-hydroxylation sites is 4. The molecule has 0 amide bonds. The van der Waals surface area contributed by atoms with Gasteiger partial charge >= 0.3 is 0 Å². The fourth-order valence-electron chi connectivity index (χ4n) is 7.84. The molecule has 0 bridgehead atoms. The number of hydrogen-bond donors (Lipinski definition) is 0. The van der Waals surface area contributed by atoms with Gasteiger partial charge in [0.25, 0.3) is 0 Å². The molecule has 0 radical (unpaired) electrons. The lowest BCUT2D eigenvalue weighted by atomic mass is 9.99. The molecule has 4 heterocycles. The van der Waals surface area contributed by atoms with Crippen LogP contribution in [0.2, 0.25) is 0 Å². The van der Waals surface area contributed by atoms with Crippen LogP contribution >= 0.6 is 0 Å². The molecule has 5 nitrogen and oxygen atoms in total. The van der Waals surface area contributed by atoms with Crippen molar-refractivity contribution in [2.45, 2.75) is 0 Å². The predicted molar refractivity (Wildman–Crippen MR) is 201 cm³/mol. The normalized spacial score (nSPS) is 12.1. The summed E-state index contributed by atoms with van der Waals surface area (Å²) in [5.41, 5.74) is 10.1. The van der Waals surface area contributed by atoms with Gasteiger partial charge in [0.05, 0.1) is 28.3 Å². The lowest BCUT2D eigenvalue weighted by Crippen LogP contribution is -1.95. The van der Waals surface area contributed by atoms with Crippen LogP contribution in [-0.2, 0) is 0 Å². The minimum Gasteiger partial charge on any atom is -0.455 e. The van der Waals surface area contributed by atoms with E-state index < -0.39 is 0 Å². The van der Waals surface area contributed by atoms with Gasteiger partial charge in [0, 0.05) is 55.3 Å². The molecule has 5 heteroatoms. The summed E-state index contributed by atoms with van der Waals surface area (Å²) in [6, 6.07) is 53.2. The topological polar surface area (TPSA) is 48.8 Å². The Morgan fingerprint density at radius 2 is 1.08 bits per heavy atom. The lowest BCUT2D eigenvalue weighted by Gasteiger charge is -2.09. The monoisotopic (exact) mass is 626 g/mol. The van der Waals surface area contributed by atoms with Crippen LogP contribution in [0.4, 0.5) is 0 Å². The Morgan fingerprint density at radius 3 is 1.84 bits per heavy atom. The maximum Gasteiger partial charge on any atom is 0.160 e. The van der Waals surface area contributed by atoms with E-state index in [0.29, 0.717) is 5.82 Å². The van der Waals surface area contributed by atoms with Gasteiger partial charge in [0.1, 0.15) is 16.7 Å². The Kier molecular flexibility index (Phi) is 5.32. The highest BCUT2D eigenvalue weighted by molar-refractivity contribution is 6.21. The number of furan rings is 1. The van der Waals surface area contributed by atoms with E-state index in [9.17, 15) is 0 Å². The van der Waals surface area contributed by atoms with E-state index in [4.69, 9.17) is 14.4 Å². The van der Waals surface area contributed by atoms with Crippen molar-refractivity contribution in [2.75, 3.05) is 0 Å². The summed E-state index contributed by atoms with van der Waals surface area (Å²) >= 11 is 0. The molecule has 0 spiro atoms. The van der Waals surface area contributed by atoms with Crippen LogP contribution in [-0.4, -0.2) is 19.1 Å². The Bertz CT molecular complexity index is 3060. The summed E-state index contributed by atoms with van der Waals surface area (Å²) in [6.07, 6.45) is 1.97.